The van der Waals surface area contributed by atoms with Crippen LogP contribution in [-0.2, 0) is 21.2 Å². The molecule has 1 aromatic carbocycles. The van der Waals surface area contributed by atoms with Crippen LogP contribution in [0.2, 0.25) is 0 Å². The predicted molar refractivity (Wildman–Crippen MR) is 98.5 cm³/mol. The second-order valence-electron chi connectivity index (χ2n) is 6.66. The zero-order valence-electron chi connectivity index (χ0n) is 15.2. The summed E-state index contributed by atoms with van der Waals surface area (Å²) in [5, 5.41) is 5.94. The Morgan fingerprint density at radius 3 is 2.60 bits per heavy atom. The number of nitrogens with one attached hydrogen (secondary N) is 2. The van der Waals surface area contributed by atoms with Crippen molar-refractivity contribution in [2.75, 3.05) is 26.0 Å². The van der Waals surface area contributed by atoms with Crippen molar-refractivity contribution in [1.29, 1.82) is 0 Å². The Hall–Kier alpha value is -1.60. The number of ether oxygens (including phenoxy) is 1. The van der Waals surface area contributed by atoms with Gasteiger partial charge in [0.2, 0.25) is 5.91 Å². The maximum Gasteiger partial charge on any atom is 0.241 e. The van der Waals surface area contributed by atoms with Crippen LogP contribution in [0.4, 0.5) is 0 Å². The van der Waals surface area contributed by atoms with Crippen LogP contribution in [-0.4, -0.2) is 45.0 Å². The highest BCUT2D eigenvalue weighted by Crippen LogP contribution is 2.28. The van der Waals surface area contributed by atoms with Gasteiger partial charge in [0.1, 0.15) is 5.75 Å². The Balaban J connectivity index is 2.15. The van der Waals surface area contributed by atoms with Gasteiger partial charge in [-0.25, -0.2) is 8.42 Å². The maximum absolute atomic E-state index is 12.8. The molecule has 1 saturated heterocycles. The molecule has 0 aliphatic carbocycles. The molecule has 140 valence electrons. The van der Waals surface area contributed by atoms with Crippen molar-refractivity contribution in [3.63, 3.8) is 0 Å². The lowest BCUT2D eigenvalue weighted by molar-refractivity contribution is -0.124. The van der Waals surface area contributed by atoms with E-state index in [1.165, 1.54) is 0 Å². The molecule has 1 aliphatic heterocycles. The van der Waals surface area contributed by atoms with E-state index in [-0.39, 0.29) is 6.54 Å². The number of hydrogen-bond donors (Lipinski definition) is 2. The Bertz CT molecular complexity index is 710. The van der Waals surface area contributed by atoms with Gasteiger partial charge in [0.05, 0.1) is 6.61 Å². The molecule has 2 rings (SSSR count). The highest BCUT2D eigenvalue weighted by Gasteiger charge is 2.48. The molecule has 1 amide bonds. The second-order valence-corrected chi connectivity index (χ2v) is 8.98. The molecule has 2 N–H and O–H groups in total. The summed E-state index contributed by atoms with van der Waals surface area (Å²) in [5.74, 6) is 0.319. The summed E-state index contributed by atoms with van der Waals surface area (Å²) >= 11 is 0. The molecule has 1 aromatic rings. The fourth-order valence-electron chi connectivity index (χ4n) is 3.09. The van der Waals surface area contributed by atoms with Gasteiger partial charge in [0.15, 0.2) is 14.6 Å². The van der Waals surface area contributed by atoms with Crippen LogP contribution >= 0.6 is 0 Å². The normalized spacial score (nSPS) is 17.1. The monoisotopic (exact) mass is 368 g/mol. The Morgan fingerprint density at radius 2 is 2.00 bits per heavy atom. The lowest BCUT2D eigenvalue weighted by atomic mass is 9.95. The van der Waals surface area contributed by atoms with E-state index >= 15 is 0 Å². The van der Waals surface area contributed by atoms with E-state index < -0.39 is 20.5 Å². The summed E-state index contributed by atoms with van der Waals surface area (Å²) in [6.45, 7) is 5.91. The first kappa shape index (κ1) is 19.7. The molecule has 6 nitrogen and oxygen atoms in total. The molecule has 1 aliphatic rings. The molecule has 0 radical (unpaired) electrons. The maximum atomic E-state index is 12.8. The highest BCUT2D eigenvalue weighted by atomic mass is 32.2. The summed E-state index contributed by atoms with van der Waals surface area (Å²) in [7, 11) is -3.51. The molecule has 1 heterocycles. The molecule has 0 saturated carbocycles. The second kappa shape index (κ2) is 8.19. The SMILES string of the molecule is CCCOc1cc(C)ccc1CNC(=O)C1(S(C)(=O)=O)CCNCC1. The van der Waals surface area contributed by atoms with E-state index in [0.717, 1.165) is 29.6 Å². The van der Waals surface area contributed by atoms with Crippen molar-refractivity contribution in [2.24, 2.45) is 0 Å². The third kappa shape index (κ3) is 4.52. The van der Waals surface area contributed by atoms with Crippen molar-refractivity contribution >= 4 is 15.7 Å². The molecule has 0 atom stereocenters. The fraction of sp³-hybridized carbons (Fsp3) is 0.611. The van der Waals surface area contributed by atoms with Crippen molar-refractivity contribution < 1.29 is 17.9 Å². The van der Waals surface area contributed by atoms with Gasteiger partial charge in [-0.1, -0.05) is 19.1 Å². The van der Waals surface area contributed by atoms with Crippen LogP contribution in [0.15, 0.2) is 18.2 Å². The molecule has 1 fully saturated rings. The minimum Gasteiger partial charge on any atom is -0.493 e. The van der Waals surface area contributed by atoms with Crippen LogP contribution in [0, 0.1) is 6.92 Å². The van der Waals surface area contributed by atoms with Crippen LogP contribution < -0.4 is 15.4 Å². The largest absolute Gasteiger partial charge is 0.493 e. The number of carbonyl (C=O) groups is 1. The fourth-order valence-corrected chi connectivity index (χ4v) is 4.44. The topological polar surface area (TPSA) is 84.5 Å². The minimum absolute atomic E-state index is 0.253. The lowest BCUT2D eigenvalue weighted by Gasteiger charge is -2.34. The van der Waals surface area contributed by atoms with E-state index in [1.54, 1.807) is 0 Å². The third-order valence-electron chi connectivity index (χ3n) is 4.66. The Kier molecular flexibility index (Phi) is 6.46. The van der Waals surface area contributed by atoms with Gasteiger partial charge >= 0.3 is 0 Å². The van der Waals surface area contributed by atoms with Crippen LogP contribution in [0.5, 0.6) is 5.75 Å². The highest BCUT2D eigenvalue weighted by molar-refractivity contribution is 7.92. The predicted octanol–water partition coefficient (Wildman–Crippen LogP) is 1.57. The molecular weight excluding hydrogens is 340 g/mol. The van der Waals surface area contributed by atoms with Crippen molar-refractivity contribution in [2.45, 2.75) is 44.4 Å². The van der Waals surface area contributed by atoms with Crippen LogP contribution in [0.25, 0.3) is 0 Å². The minimum atomic E-state index is -3.51. The number of aryl methyl sites for hydroxylation is 1. The zero-order valence-corrected chi connectivity index (χ0v) is 16.0. The number of carbonyl (C=O) groups excluding carboxylic acids is 1. The van der Waals surface area contributed by atoms with Gasteiger partial charge in [0.25, 0.3) is 0 Å². The quantitative estimate of drug-likeness (QED) is 0.763. The van der Waals surface area contributed by atoms with E-state index in [0.29, 0.717) is 32.5 Å². The van der Waals surface area contributed by atoms with Crippen LogP contribution in [0.1, 0.15) is 37.3 Å². The van der Waals surface area contributed by atoms with E-state index in [1.807, 2.05) is 32.0 Å². The van der Waals surface area contributed by atoms with Crippen molar-refractivity contribution in [3.8, 4) is 5.75 Å². The first-order valence-corrected chi connectivity index (χ1v) is 10.6. The summed E-state index contributed by atoms with van der Waals surface area (Å²) in [5.41, 5.74) is 1.93. The number of hydrogen-bond acceptors (Lipinski definition) is 5. The molecule has 0 aromatic heterocycles. The van der Waals surface area contributed by atoms with Gasteiger partial charge in [-0.2, -0.15) is 0 Å². The van der Waals surface area contributed by atoms with E-state index in [2.05, 4.69) is 10.6 Å². The Labute approximate surface area is 150 Å². The number of rotatable bonds is 7. The average molecular weight is 368 g/mol. The summed E-state index contributed by atoms with van der Waals surface area (Å²) in [6.07, 6.45) is 2.64. The molecule has 0 bridgehead atoms. The van der Waals surface area contributed by atoms with E-state index in [9.17, 15) is 13.2 Å². The third-order valence-corrected chi connectivity index (χ3v) is 6.67. The standard InChI is InChI=1S/C18H28N2O4S/c1-4-11-24-16-12-14(2)5-6-15(16)13-20-17(21)18(25(3,22)23)7-9-19-10-8-18/h5-6,12,19H,4,7-11,13H2,1-3H3,(H,20,21). The van der Waals surface area contributed by atoms with Crippen molar-refractivity contribution in [3.05, 3.63) is 29.3 Å². The summed E-state index contributed by atoms with van der Waals surface area (Å²) in [4.78, 5) is 12.8. The molecule has 0 spiro atoms. The summed E-state index contributed by atoms with van der Waals surface area (Å²) < 4.78 is 29.0. The number of amides is 1. The van der Waals surface area contributed by atoms with Gasteiger partial charge in [0, 0.05) is 18.4 Å². The molecule has 25 heavy (non-hydrogen) atoms. The van der Waals surface area contributed by atoms with Gasteiger partial charge < -0.3 is 15.4 Å². The molecule has 7 heteroatoms. The number of sulfone groups is 1. The lowest BCUT2D eigenvalue weighted by Crippen LogP contribution is -2.57. The Morgan fingerprint density at radius 1 is 1.32 bits per heavy atom. The van der Waals surface area contributed by atoms with E-state index in [4.69, 9.17) is 4.74 Å². The van der Waals surface area contributed by atoms with Gasteiger partial charge in [-0.3, -0.25) is 4.79 Å². The van der Waals surface area contributed by atoms with Crippen molar-refractivity contribution in [1.82, 2.24) is 10.6 Å². The first-order valence-electron chi connectivity index (χ1n) is 8.71. The average Bonchev–Trinajstić information content (AvgIpc) is 2.58. The number of benzene rings is 1. The smallest absolute Gasteiger partial charge is 0.241 e. The molecular formula is C18H28N2O4S. The molecule has 0 unspecified atom stereocenters. The zero-order chi connectivity index (χ0) is 18.5. The van der Waals surface area contributed by atoms with Gasteiger partial charge in [-0.05, 0) is 50.9 Å². The first-order chi connectivity index (χ1) is 11.8. The summed E-state index contributed by atoms with van der Waals surface area (Å²) in [6, 6.07) is 5.81. The van der Waals surface area contributed by atoms with Gasteiger partial charge in [-0.15, -0.1) is 0 Å². The van der Waals surface area contributed by atoms with Crippen LogP contribution in [0.3, 0.4) is 0 Å². The number of piperidine rings is 1.